The van der Waals surface area contributed by atoms with Crippen LogP contribution in [0, 0.1) is 18.8 Å². The number of hydrogen-bond acceptors (Lipinski definition) is 5. The molecule has 8 heteroatoms. The van der Waals surface area contributed by atoms with Crippen molar-refractivity contribution in [2.24, 2.45) is 11.8 Å². The molecule has 0 bridgehead atoms. The van der Waals surface area contributed by atoms with Gasteiger partial charge in [0.15, 0.2) is 0 Å². The van der Waals surface area contributed by atoms with E-state index in [1.807, 2.05) is 61.5 Å². The molecular weight excluding hydrogens is 576 g/mol. The normalized spacial score (nSPS) is 19.9. The SMILES string of the molecule is Cc1ccc(C=CC(=O)NC2(C(=O)N[C@H](Cc3ccccc3)C(=O)NCCC3CCN(CC4CCOCC4)CC3)CCCC2)cc1. The first kappa shape index (κ1) is 33.9. The van der Waals surface area contributed by atoms with E-state index in [1.54, 1.807) is 6.08 Å². The van der Waals surface area contributed by atoms with Crippen molar-refractivity contribution in [3.8, 4) is 0 Å². The average Bonchev–Trinajstić information content (AvgIpc) is 3.55. The zero-order chi connectivity index (χ0) is 32.2. The van der Waals surface area contributed by atoms with Crippen LogP contribution >= 0.6 is 0 Å². The van der Waals surface area contributed by atoms with E-state index in [4.69, 9.17) is 4.74 Å². The Kier molecular flexibility index (Phi) is 12.4. The summed E-state index contributed by atoms with van der Waals surface area (Å²) in [4.78, 5) is 43.1. The van der Waals surface area contributed by atoms with Crippen LogP contribution in [0.15, 0.2) is 60.7 Å². The summed E-state index contributed by atoms with van der Waals surface area (Å²) in [7, 11) is 0. The van der Waals surface area contributed by atoms with Crippen LogP contribution in [0.1, 0.15) is 74.5 Å². The lowest BCUT2D eigenvalue weighted by Crippen LogP contribution is -2.61. The third kappa shape index (κ3) is 10.0. The van der Waals surface area contributed by atoms with Crippen LogP contribution in [-0.4, -0.2) is 73.6 Å². The maximum absolute atomic E-state index is 13.9. The van der Waals surface area contributed by atoms with Crippen molar-refractivity contribution < 1.29 is 19.1 Å². The average molecular weight is 629 g/mol. The van der Waals surface area contributed by atoms with E-state index in [1.165, 1.54) is 25.5 Å². The summed E-state index contributed by atoms with van der Waals surface area (Å²) in [5.74, 6) is 0.593. The van der Waals surface area contributed by atoms with E-state index < -0.39 is 11.6 Å². The molecule has 2 aliphatic heterocycles. The number of nitrogens with zero attached hydrogens (tertiary/aromatic N) is 1. The number of nitrogens with one attached hydrogen (secondary N) is 3. The first-order valence-electron chi connectivity index (χ1n) is 17.4. The zero-order valence-electron chi connectivity index (χ0n) is 27.5. The zero-order valence-corrected chi connectivity index (χ0v) is 27.5. The molecule has 0 aromatic heterocycles. The van der Waals surface area contributed by atoms with Crippen molar-refractivity contribution >= 4 is 23.8 Å². The highest BCUT2D eigenvalue weighted by Crippen LogP contribution is 2.30. The van der Waals surface area contributed by atoms with Crippen molar-refractivity contribution in [1.29, 1.82) is 0 Å². The Labute approximate surface area is 274 Å². The number of piperidine rings is 1. The van der Waals surface area contributed by atoms with Gasteiger partial charge >= 0.3 is 0 Å². The van der Waals surface area contributed by atoms with E-state index in [2.05, 4.69) is 20.9 Å². The number of ether oxygens (including phenoxy) is 1. The Morgan fingerprint density at radius 3 is 2.33 bits per heavy atom. The second-order valence-electron chi connectivity index (χ2n) is 13.6. The highest BCUT2D eigenvalue weighted by molar-refractivity contribution is 5.99. The molecular formula is C38H52N4O4. The van der Waals surface area contributed by atoms with E-state index >= 15 is 0 Å². The summed E-state index contributed by atoms with van der Waals surface area (Å²) in [5.41, 5.74) is 2.03. The second kappa shape index (κ2) is 16.9. The molecule has 0 unspecified atom stereocenters. The molecule has 3 aliphatic rings. The van der Waals surface area contributed by atoms with Gasteiger partial charge in [0.25, 0.3) is 0 Å². The molecule has 2 heterocycles. The van der Waals surface area contributed by atoms with Crippen molar-refractivity contribution in [3.63, 3.8) is 0 Å². The number of carbonyl (C=O) groups excluding carboxylic acids is 3. The Morgan fingerprint density at radius 1 is 0.935 bits per heavy atom. The molecule has 3 fully saturated rings. The fourth-order valence-corrected chi connectivity index (χ4v) is 7.14. The van der Waals surface area contributed by atoms with Crippen molar-refractivity contribution in [3.05, 3.63) is 77.4 Å². The number of benzene rings is 2. The Bertz CT molecular complexity index is 1290. The van der Waals surface area contributed by atoms with E-state index in [0.29, 0.717) is 31.7 Å². The van der Waals surface area contributed by atoms with Crippen molar-refractivity contribution in [2.75, 3.05) is 39.4 Å². The van der Waals surface area contributed by atoms with Gasteiger partial charge in [-0.1, -0.05) is 73.0 Å². The highest BCUT2D eigenvalue weighted by Gasteiger charge is 2.43. The van der Waals surface area contributed by atoms with Gasteiger partial charge in [-0.05, 0) is 94.0 Å². The number of likely N-dealkylation sites (tertiary alicyclic amines) is 1. The molecule has 0 radical (unpaired) electrons. The molecule has 0 spiro atoms. The van der Waals surface area contributed by atoms with Gasteiger partial charge in [-0.3, -0.25) is 14.4 Å². The molecule has 1 saturated carbocycles. The standard InChI is InChI=1S/C38H52N4O4/c1-29-9-11-30(12-10-29)13-14-35(43)41-38(20-5-6-21-38)37(45)40-34(27-32-7-3-2-4-8-32)36(44)39-22-15-31-16-23-42(24-17-31)28-33-18-25-46-26-19-33/h2-4,7-14,31,33-34H,5-6,15-28H2,1H3,(H,39,44)(H,40,45)(H,41,43)/t34-/m1/s1. The Morgan fingerprint density at radius 2 is 1.63 bits per heavy atom. The molecule has 8 nitrogen and oxygen atoms in total. The summed E-state index contributed by atoms with van der Waals surface area (Å²) in [6.45, 7) is 7.83. The lowest BCUT2D eigenvalue weighted by molar-refractivity contribution is -0.135. The molecule has 2 aromatic rings. The van der Waals surface area contributed by atoms with E-state index in [0.717, 1.165) is 81.0 Å². The largest absolute Gasteiger partial charge is 0.381 e. The lowest BCUT2D eigenvalue weighted by Gasteiger charge is -2.35. The van der Waals surface area contributed by atoms with Gasteiger partial charge in [-0.25, -0.2) is 0 Å². The summed E-state index contributed by atoms with van der Waals surface area (Å²) in [5, 5.41) is 9.22. The van der Waals surface area contributed by atoms with Crippen LogP contribution in [0.3, 0.4) is 0 Å². The maximum atomic E-state index is 13.9. The minimum Gasteiger partial charge on any atom is -0.381 e. The summed E-state index contributed by atoms with van der Waals surface area (Å²) < 4.78 is 5.52. The number of hydrogen-bond donors (Lipinski definition) is 3. The van der Waals surface area contributed by atoms with Crippen LogP contribution in [0.5, 0.6) is 0 Å². The topological polar surface area (TPSA) is 99.8 Å². The fraction of sp³-hybridized carbons (Fsp3) is 0.553. The van der Waals surface area contributed by atoms with Crippen LogP contribution < -0.4 is 16.0 Å². The molecule has 1 aliphatic carbocycles. The molecule has 2 saturated heterocycles. The van der Waals surface area contributed by atoms with Gasteiger partial charge in [-0.2, -0.15) is 0 Å². The van der Waals surface area contributed by atoms with Crippen LogP contribution in [0.2, 0.25) is 0 Å². The maximum Gasteiger partial charge on any atom is 0.246 e. The third-order valence-corrected chi connectivity index (χ3v) is 10.1. The predicted molar refractivity (Wildman–Crippen MR) is 182 cm³/mol. The summed E-state index contributed by atoms with van der Waals surface area (Å²) >= 11 is 0. The lowest BCUT2D eigenvalue weighted by atomic mass is 9.92. The monoisotopic (exact) mass is 628 g/mol. The molecule has 46 heavy (non-hydrogen) atoms. The Balaban J connectivity index is 1.14. The highest BCUT2D eigenvalue weighted by atomic mass is 16.5. The van der Waals surface area contributed by atoms with Gasteiger partial charge in [0.1, 0.15) is 11.6 Å². The first-order valence-corrected chi connectivity index (χ1v) is 17.4. The first-order chi connectivity index (χ1) is 22.4. The molecule has 2 aromatic carbocycles. The van der Waals surface area contributed by atoms with Crippen molar-refractivity contribution in [1.82, 2.24) is 20.9 Å². The molecule has 3 N–H and O–H groups in total. The van der Waals surface area contributed by atoms with Crippen molar-refractivity contribution in [2.45, 2.75) is 82.7 Å². The van der Waals surface area contributed by atoms with Crippen LogP contribution in [-0.2, 0) is 25.5 Å². The second-order valence-corrected chi connectivity index (χ2v) is 13.6. The number of amides is 3. The van der Waals surface area contributed by atoms with Gasteiger partial charge in [0.2, 0.25) is 17.7 Å². The summed E-state index contributed by atoms with van der Waals surface area (Å²) in [6, 6.07) is 17.0. The van der Waals surface area contributed by atoms with Crippen LogP contribution in [0.4, 0.5) is 0 Å². The fourth-order valence-electron chi connectivity index (χ4n) is 7.14. The quantitative estimate of drug-likeness (QED) is 0.277. The molecule has 5 rings (SSSR count). The molecule has 3 amide bonds. The van der Waals surface area contributed by atoms with Gasteiger partial charge in [0.05, 0.1) is 0 Å². The smallest absolute Gasteiger partial charge is 0.246 e. The van der Waals surface area contributed by atoms with Gasteiger partial charge in [0, 0.05) is 38.8 Å². The number of carbonyl (C=O) groups is 3. The molecule has 1 atom stereocenters. The Hall–Kier alpha value is -3.49. The summed E-state index contributed by atoms with van der Waals surface area (Å²) in [6.07, 6.45) is 12.0. The number of aryl methyl sites for hydroxylation is 1. The van der Waals surface area contributed by atoms with Crippen LogP contribution in [0.25, 0.3) is 6.08 Å². The van der Waals surface area contributed by atoms with Gasteiger partial charge < -0.3 is 25.6 Å². The minimum absolute atomic E-state index is 0.173. The molecule has 248 valence electrons. The number of rotatable bonds is 13. The van der Waals surface area contributed by atoms with E-state index in [-0.39, 0.29) is 17.7 Å². The van der Waals surface area contributed by atoms with Gasteiger partial charge in [-0.15, -0.1) is 0 Å². The minimum atomic E-state index is -1.03. The third-order valence-electron chi connectivity index (χ3n) is 10.1. The predicted octanol–water partition coefficient (Wildman–Crippen LogP) is 4.81. The van der Waals surface area contributed by atoms with E-state index in [9.17, 15) is 14.4 Å².